The SMILES string of the molecule is CCCC(NC(=O)c1cc(C2CC2)nc2c1c(C)nn2C(C)(C)C)C(=O)O. The molecule has 1 aliphatic rings. The first-order chi connectivity index (χ1) is 12.6. The minimum Gasteiger partial charge on any atom is -0.480 e. The molecule has 0 radical (unpaired) electrons. The lowest BCUT2D eigenvalue weighted by atomic mass is 10.0. The molecule has 1 unspecified atom stereocenters. The Labute approximate surface area is 159 Å². The number of nitrogens with zero attached hydrogens (tertiary/aromatic N) is 3. The van der Waals surface area contributed by atoms with Crippen LogP contribution in [0.1, 0.15) is 81.0 Å². The van der Waals surface area contributed by atoms with Crippen molar-refractivity contribution in [1.29, 1.82) is 0 Å². The highest BCUT2D eigenvalue weighted by molar-refractivity contribution is 6.07. The van der Waals surface area contributed by atoms with Crippen LogP contribution in [0, 0.1) is 6.92 Å². The zero-order chi connectivity index (χ0) is 19.9. The summed E-state index contributed by atoms with van der Waals surface area (Å²) in [5.41, 5.74) is 2.50. The Hall–Kier alpha value is -2.44. The van der Waals surface area contributed by atoms with E-state index in [1.807, 2.05) is 45.4 Å². The lowest BCUT2D eigenvalue weighted by molar-refractivity contribution is -0.139. The normalized spacial score (nSPS) is 15.7. The molecule has 1 amide bonds. The molecule has 0 saturated heterocycles. The molecule has 146 valence electrons. The Morgan fingerprint density at radius 2 is 2.04 bits per heavy atom. The maximum atomic E-state index is 13.0. The fourth-order valence-corrected chi connectivity index (χ4v) is 3.33. The molecule has 0 bridgehead atoms. The molecule has 2 aromatic heterocycles. The molecule has 0 aliphatic heterocycles. The minimum atomic E-state index is -1.01. The number of carboxylic acid groups (broad SMARTS) is 1. The first-order valence-electron chi connectivity index (χ1n) is 9.58. The van der Waals surface area contributed by atoms with Crippen molar-refractivity contribution in [1.82, 2.24) is 20.1 Å². The average Bonchev–Trinajstić information content (AvgIpc) is 3.36. The second kappa shape index (κ2) is 6.94. The van der Waals surface area contributed by atoms with E-state index in [1.165, 1.54) is 0 Å². The quantitative estimate of drug-likeness (QED) is 0.810. The number of aromatic nitrogens is 3. The van der Waals surface area contributed by atoms with E-state index in [0.717, 1.165) is 24.2 Å². The number of hydrogen-bond acceptors (Lipinski definition) is 4. The van der Waals surface area contributed by atoms with Gasteiger partial charge < -0.3 is 10.4 Å². The van der Waals surface area contributed by atoms with Gasteiger partial charge in [-0.25, -0.2) is 14.5 Å². The van der Waals surface area contributed by atoms with Gasteiger partial charge in [0.05, 0.1) is 22.2 Å². The van der Waals surface area contributed by atoms with Gasteiger partial charge in [-0.05, 0) is 53.0 Å². The predicted molar refractivity (Wildman–Crippen MR) is 103 cm³/mol. The second-order valence-electron chi connectivity index (χ2n) is 8.39. The molecule has 7 nitrogen and oxygen atoms in total. The molecule has 2 aromatic rings. The number of aryl methyl sites for hydroxylation is 1. The number of hydrogen-bond donors (Lipinski definition) is 2. The summed E-state index contributed by atoms with van der Waals surface area (Å²) in [7, 11) is 0. The van der Waals surface area contributed by atoms with Gasteiger partial charge in [-0.15, -0.1) is 0 Å². The maximum Gasteiger partial charge on any atom is 0.326 e. The highest BCUT2D eigenvalue weighted by atomic mass is 16.4. The lowest BCUT2D eigenvalue weighted by Gasteiger charge is -2.20. The van der Waals surface area contributed by atoms with Gasteiger partial charge in [0.2, 0.25) is 0 Å². The number of nitrogens with one attached hydrogen (secondary N) is 1. The van der Waals surface area contributed by atoms with Crippen molar-refractivity contribution < 1.29 is 14.7 Å². The summed E-state index contributed by atoms with van der Waals surface area (Å²) in [6, 6.07) is 0.926. The number of amides is 1. The van der Waals surface area contributed by atoms with Gasteiger partial charge in [0.25, 0.3) is 5.91 Å². The van der Waals surface area contributed by atoms with Crippen molar-refractivity contribution in [2.45, 2.75) is 77.8 Å². The van der Waals surface area contributed by atoms with Crippen LogP contribution in [0.2, 0.25) is 0 Å². The van der Waals surface area contributed by atoms with E-state index in [2.05, 4.69) is 10.4 Å². The Balaban J connectivity index is 2.12. The first kappa shape index (κ1) is 19.3. The van der Waals surface area contributed by atoms with E-state index in [4.69, 9.17) is 4.98 Å². The average molecular weight is 372 g/mol. The molecule has 1 aliphatic carbocycles. The van der Waals surface area contributed by atoms with Crippen LogP contribution in [0.5, 0.6) is 0 Å². The second-order valence-corrected chi connectivity index (χ2v) is 8.39. The summed E-state index contributed by atoms with van der Waals surface area (Å²) in [4.78, 5) is 29.3. The molecule has 1 fully saturated rings. The van der Waals surface area contributed by atoms with E-state index < -0.39 is 12.0 Å². The molecular formula is C20H28N4O3. The molecule has 2 N–H and O–H groups in total. The van der Waals surface area contributed by atoms with Crippen molar-refractivity contribution in [3.63, 3.8) is 0 Å². The van der Waals surface area contributed by atoms with Gasteiger partial charge >= 0.3 is 5.97 Å². The fourth-order valence-electron chi connectivity index (χ4n) is 3.33. The van der Waals surface area contributed by atoms with Gasteiger partial charge in [0.1, 0.15) is 6.04 Å². The third kappa shape index (κ3) is 3.82. The summed E-state index contributed by atoms with van der Waals surface area (Å²) >= 11 is 0. The third-order valence-corrected chi connectivity index (χ3v) is 4.89. The number of carboxylic acids is 1. The van der Waals surface area contributed by atoms with Crippen molar-refractivity contribution in [3.8, 4) is 0 Å². The van der Waals surface area contributed by atoms with Crippen molar-refractivity contribution >= 4 is 22.9 Å². The number of fused-ring (bicyclic) bond motifs is 1. The highest BCUT2D eigenvalue weighted by Gasteiger charge is 2.31. The summed E-state index contributed by atoms with van der Waals surface area (Å²) in [5, 5.41) is 17.4. The smallest absolute Gasteiger partial charge is 0.326 e. The van der Waals surface area contributed by atoms with Crippen LogP contribution in [-0.2, 0) is 10.3 Å². The van der Waals surface area contributed by atoms with Crippen LogP contribution in [0.15, 0.2) is 6.07 Å². The summed E-state index contributed by atoms with van der Waals surface area (Å²) in [6.45, 7) is 9.90. The first-order valence-corrected chi connectivity index (χ1v) is 9.58. The van der Waals surface area contributed by atoms with Gasteiger partial charge in [0.15, 0.2) is 5.65 Å². The van der Waals surface area contributed by atoms with Crippen LogP contribution in [0.25, 0.3) is 11.0 Å². The van der Waals surface area contributed by atoms with E-state index in [9.17, 15) is 14.7 Å². The zero-order valence-corrected chi connectivity index (χ0v) is 16.7. The van der Waals surface area contributed by atoms with Gasteiger partial charge in [-0.2, -0.15) is 5.10 Å². The summed E-state index contributed by atoms with van der Waals surface area (Å²) in [5.74, 6) is -1.02. The largest absolute Gasteiger partial charge is 0.480 e. The maximum absolute atomic E-state index is 13.0. The van der Waals surface area contributed by atoms with Crippen LogP contribution in [0.3, 0.4) is 0 Å². The van der Waals surface area contributed by atoms with Gasteiger partial charge in [-0.3, -0.25) is 4.79 Å². The molecule has 27 heavy (non-hydrogen) atoms. The topological polar surface area (TPSA) is 97.1 Å². The standard InChI is InChI=1S/C20H28N4O3/c1-6-7-14(19(26)27)22-18(25)13-10-15(12-8-9-12)21-17-16(13)11(2)23-24(17)20(3,4)5/h10,12,14H,6-9H2,1-5H3,(H,22,25)(H,26,27). The van der Waals surface area contributed by atoms with Crippen LogP contribution in [-0.4, -0.2) is 37.8 Å². The molecule has 0 spiro atoms. The highest BCUT2D eigenvalue weighted by Crippen LogP contribution is 2.41. The molecule has 1 saturated carbocycles. The van der Waals surface area contributed by atoms with Crippen LogP contribution in [0.4, 0.5) is 0 Å². The summed E-state index contributed by atoms with van der Waals surface area (Å²) < 4.78 is 1.86. The Bertz CT molecular complexity index is 891. The molecule has 1 atom stereocenters. The van der Waals surface area contributed by atoms with E-state index in [1.54, 1.807) is 0 Å². The molecule has 0 aromatic carbocycles. The molecule has 2 heterocycles. The van der Waals surface area contributed by atoms with Crippen molar-refractivity contribution in [3.05, 3.63) is 23.0 Å². The number of aliphatic carboxylic acids is 1. The Morgan fingerprint density at radius 1 is 1.37 bits per heavy atom. The number of carbonyl (C=O) groups excluding carboxylic acids is 1. The molecule has 3 rings (SSSR count). The van der Waals surface area contributed by atoms with E-state index in [-0.39, 0.29) is 11.4 Å². The number of rotatable bonds is 6. The Kier molecular flexibility index (Phi) is 4.97. The molecule has 7 heteroatoms. The Morgan fingerprint density at radius 3 is 2.56 bits per heavy atom. The van der Waals surface area contributed by atoms with Crippen LogP contribution < -0.4 is 5.32 Å². The van der Waals surface area contributed by atoms with E-state index in [0.29, 0.717) is 35.4 Å². The zero-order valence-electron chi connectivity index (χ0n) is 16.7. The summed E-state index contributed by atoms with van der Waals surface area (Å²) in [6.07, 6.45) is 3.20. The number of pyridine rings is 1. The van der Waals surface area contributed by atoms with Crippen LogP contribution >= 0.6 is 0 Å². The van der Waals surface area contributed by atoms with E-state index >= 15 is 0 Å². The fraction of sp³-hybridized carbons (Fsp3) is 0.600. The van der Waals surface area contributed by atoms with Gasteiger partial charge in [0, 0.05) is 11.6 Å². The van der Waals surface area contributed by atoms with Gasteiger partial charge in [-0.1, -0.05) is 13.3 Å². The molecular weight excluding hydrogens is 344 g/mol. The number of carbonyl (C=O) groups is 2. The predicted octanol–water partition coefficient (Wildman–Crippen LogP) is 3.36. The lowest BCUT2D eigenvalue weighted by Crippen LogP contribution is -2.40. The minimum absolute atomic E-state index is 0.277. The third-order valence-electron chi connectivity index (χ3n) is 4.89. The monoisotopic (exact) mass is 372 g/mol. The van der Waals surface area contributed by atoms with Crippen molar-refractivity contribution in [2.24, 2.45) is 0 Å². The van der Waals surface area contributed by atoms with Crippen molar-refractivity contribution in [2.75, 3.05) is 0 Å².